The molecule has 4 aromatic carbocycles. The predicted octanol–water partition coefficient (Wildman–Crippen LogP) is 13.3. The van der Waals surface area contributed by atoms with Crippen molar-refractivity contribution in [3.63, 3.8) is 0 Å². The second kappa shape index (κ2) is 17.7. The molecule has 0 aromatic heterocycles. The maximum atomic E-state index is 17.2. The second-order valence-electron chi connectivity index (χ2n) is 18.9. The summed E-state index contributed by atoms with van der Waals surface area (Å²) in [5.74, 6) is -23.4. The molecule has 0 aliphatic carbocycles. The monoisotopic (exact) mass is 1020 g/mol. The highest BCUT2D eigenvalue weighted by Crippen LogP contribution is 2.42. The van der Waals surface area contributed by atoms with Gasteiger partial charge in [0, 0.05) is 0 Å². The van der Waals surface area contributed by atoms with Crippen LogP contribution in [0, 0.1) is 46.5 Å². The van der Waals surface area contributed by atoms with Gasteiger partial charge >= 0.3 is 24.7 Å². The van der Waals surface area contributed by atoms with E-state index in [0.29, 0.717) is 0 Å². The van der Waals surface area contributed by atoms with Crippen LogP contribution in [0.3, 0.4) is 0 Å². The molecular formula is C42H40BF20O2Si2-. The van der Waals surface area contributed by atoms with Crippen LogP contribution in [0.4, 0.5) is 87.8 Å². The highest BCUT2D eigenvalue weighted by Gasteiger charge is 2.50. The van der Waals surface area contributed by atoms with E-state index in [4.69, 9.17) is 8.85 Å². The van der Waals surface area contributed by atoms with Crippen molar-refractivity contribution in [3.05, 3.63) is 116 Å². The van der Waals surface area contributed by atoms with Crippen LogP contribution in [0.5, 0.6) is 0 Å². The third-order valence-electron chi connectivity index (χ3n) is 12.6. The van der Waals surface area contributed by atoms with E-state index in [2.05, 4.69) is 0 Å². The van der Waals surface area contributed by atoms with Crippen molar-refractivity contribution >= 4 is 44.6 Å². The molecule has 0 atom stereocenters. The molecule has 25 heteroatoms. The van der Waals surface area contributed by atoms with Gasteiger partial charge in [0.2, 0.25) is 0 Å². The predicted molar refractivity (Wildman–Crippen MR) is 214 cm³/mol. The Balaban J connectivity index is 2.53. The molecule has 0 spiro atoms. The molecule has 0 N–H and O–H groups in total. The minimum absolute atomic E-state index is 0.699. The smallest absolute Gasteiger partial charge is 0.412 e. The van der Waals surface area contributed by atoms with Gasteiger partial charge in [0.1, 0.15) is 29.4 Å². The summed E-state index contributed by atoms with van der Waals surface area (Å²) in [6, 6.07) is -4.32. The van der Waals surface area contributed by atoms with Gasteiger partial charge in [-0.3, -0.25) is 0 Å². The van der Waals surface area contributed by atoms with Crippen molar-refractivity contribution in [2.24, 2.45) is 0 Å². The van der Waals surface area contributed by atoms with Crippen LogP contribution in [0.15, 0.2) is 36.4 Å². The Morgan fingerprint density at radius 3 is 0.761 bits per heavy atom. The summed E-state index contributed by atoms with van der Waals surface area (Å²) in [6.45, 7) is 12.2. The molecule has 67 heavy (non-hydrogen) atoms. The van der Waals surface area contributed by atoms with Crippen molar-refractivity contribution < 1.29 is 96.7 Å². The molecule has 0 saturated heterocycles. The Bertz CT molecular complexity index is 2250. The van der Waals surface area contributed by atoms with Crippen molar-refractivity contribution in [1.82, 2.24) is 0 Å². The normalized spacial score (nSPS) is 14.1. The summed E-state index contributed by atoms with van der Waals surface area (Å²) in [5, 5.41) is -1.67. The van der Waals surface area contributed by atoms with Crippen molar-refractivity contribution in [3.8, 4) is 0 Å². The summed E-state index contributed by atoms with van der Waals surface area (Å²) >= 11 is 0. The van der Waals surface area contributed by atoms with Crippen LogP contribution in [-0.2, 0) is 46.8 Å². The molecule has 0 aliphatic rings. The molecule has 0 fully saturated rings. The van der Waals surface area contributed by atoms with Crippen molar-refractivity contribution in [1.29, 1.82) is 0 Å². The maximum absolute atomic E-state index is 17.2. The van der Waals surface area contributed by atoms with Crippen molar-refractivity contribution in [2.75, 3.05) is 0 Å². The highest BCUT2D eigenvalue weighted by atomic mass is 28.4. The fourth-order valence-corrected chi connectivity index (χ4v) is 8.68. The summed E-state index contributed by atoms with van der Waals surface area (Å²) in [4.78, 5) is 0. The minimum Gasteiger partial charge on any atom is -0.412 e. The van der Waals surface area contributed by atoms with Crippen LogP contribution in [0.25, 0.3) is 0 Å². The van der Waals surface area contributed by atoms with Crippen LogP contribution in [0.1, 0.15) is 74.9 Å². The zero-order valence-electron chi connectivity index (χ0n) is 36.8. The Kier molecular flexibility index (Phi) is 14.7. The summed E-state index contributed by atoms with van der Waals surface area (Å²) < 4.78 is 321. The first-order valence-corrected chi connectivity index (χ1v) is 25.4. The van der Waals surface area contributed by atoms with Gasteiger partial charge in [0.05, 0.1) is 46.6 Å². The number of rotatable bonds is 10. The Labute approximate surface area is 372 Å². The SMILES string of the molecule is CC(C)(C)[Si](C)(C)OCc1c(F)c(F)c([B-](c2cc(C(F)(F)F)cc(C(F)(F)F)c2)(c2cc(C(F)(F)F)cc(C(F)(F)F)c2)c2c(F)c(F)c(CO[Si](C)(C)C(C)(C)C)c(F)c2F)c(F)c1F. The molecule has 0 bridgehead atoms. The van der Waals surface area contributed by atoms with Gasteiger partial charge in [0.25, 0.3) is 0 Å². The van der Waals surface area contributed by atoms with E-state index in [9.17, 15) is 52.7 Å². The van der Waals surface area contributed by atoms with Crippen LogP contribution in [-0.4, -0.2) is 22.8 Å². The van der Waals surface area contributed by atoms with E-state index in [-0.39, 0.29) is 0 Å². The highest BCUT2D eigenvalue weighted by molar-refractivity contribution is 7.20. The molecule has 4 rings (SSSR count). The molecule has 4 aromatic rings. The first-order valence-electron chi connectivity index (χ1n) is 19.6. The summed E-state index contributed by atoms with van der Waals surface area (Å²) in [6.07, 6.45) is -30.8. The van der Waals surface area contributed by atoms with E-state index in [0.717, 1.165) is 0 Å². The molecule has 0 amide bonds. The van der Waals surface area contributed by atoms with E-state index in [1.165, 1.54) is 26.2 Å². The maximum Gasteiger partial charge on any atom is 0.416 e. The van der Waals surface area contributed by atoms with Gasteiger partial charge in [-0.2, -0.15) is 63.6 Å². The zero-order valence-corrected chi connectivity index (χ0v) is 38.8. The van der Waals surface area contributed by atoms with Crippen LogP contribution >= 0.6 is 0 Å². The average molecular weight is 1020 g/mol. The Hall–Kier alpha value is -4.10. The lowest BCUT2D eigenvalue weighted by molar-refractivity contribution is -0.144. The van der Waals surface area contributed by atoms with E-state index in [1.807, 2.05) is 0 Å². The Morgan fingerprint density at radius 1 is 0.373 bits per heavy atom. The first-order chi connectivity index (χ1) is 29.9. The number of hydrogen-bond donors (Lipinski definition) is 0. The van der Waals surface area contributed by atoms with Crippen LogP contribution in [0.2, 0.25) is 36.3 Å². The van der Waals surface area contributed by atoms with Crippen molar-refractivity contribution in [2.45, 2.75) is 116 Å². The van der Waals surface area contributed by atoms with E-state index in [1.54, 1.807) is 41.5 Å². The lowest BCUT2D eigenvalue weighted by atomic mass is 9.12. The minimum atomic E-state index is -6.35. The molecule has 0 radical (unpaired) electrons. The zero-order chi connectivity index (χ0) is 52.0. The molecule has 372 valence electrons. The lowest BCUT2D eigenvalue weighted by Crippen LogP contribution is -2.78. The fraction of sp³-hybridized carbons (Fsp3) is 0.429. The number of benzene rings is 4. The van der Waals surface area contributed by atoms with E-state index < -0.39 is 209 Å². The van der Waals surface area contributed by atoms with Gasteiger partial charge in [-0.05, 0) is 48.4 Å². The van der Waals surface area contributed by atoms with Gasteiger partial charge < -0.3 is 8.85 Å². The first kappa shape index (κ1) is 55.5. The standard InChI is InChI=1S/C42H40BF20O2Si2/c1-37(2,3)66(7,8)64-17-25-29(44)33(48)27(34(49)30(25)45)43(23-13-19(39(52,53)54)11-20(14-23)40(55,56)57,24-15-21(41(58,59)60)12-22(16-24)42(61,62)63)28-35(50)31(46)26(32(47)36(28)51)18-65-67(9,10)38(4,5)6/h11-16H,17-18H2,1-10H3/q-1. The van der Waals surface area contributed by atoms with Gasteiger partial charge in [0.15, 0.2) is 39.9 Å². The molecule has 2 nitrogen and oxygen atoms in total. The molecule has 0 aliphatic heterocycles. The summed E-state index contributed by atoms with van der Waals surface area (Å²) in [7, 11) is -6.45. The number of halogens is 20. The number of hydrogen-bond acceptors (Lipinski definition) is 2. The van der Waals surface area contributed by atoms with Gasteiger partial charge in [-0.15, -0.1) is 10.9 Å². The average Bonchev–Trinajstić information content (AvgIpc) is 3.16. The van der Waals surface area contributed by atoms with Gasteiger partial charge in [-0.1, -0.05) is 65.8 Å². The molecule has 0 unspecified atom stereocenters. The Morgan fingerprint density at radius 2 is 0.582 bits per heavy atom. The summed E-state index contributed by atoms with van der Waals surface area (Å²) in [5.41, 5.74) is -24.7. The third kappa shape index (κ3) is 10.4. The van der Waals surface area contributed by atoms with Crippen LogP contribution < -0.4 is 21.9 Å². The molecule has 0 saturated carbocycles. The molecular weight excluding hydrogens is 983 g/mol. The number of alkyl halides is 12. The van der Waals surface area contributed by atoms with Gasteiger partial charge in [-0.25, -0.2) is 35.1 Å². The quantitative estimate of drug-likeness (QED) is 0.0895. The van der Waals surface area contributed by atoms with E-state index >= 15 is 35.1 Å². The largest absolute Gasteiger partial charge is 0.416 e. The lowest BCUT2D eigenvalue weighted by Gasteiger charge is -2.46. The second-order valence-corrected chi connectivity index (χ2v) is 28.6. The topological polar surface area (TPSA) is 18.5 Å². The fourth-order valence-electron chi connectivity index (χ4n) is 6.80. The molecule has 0 heterocycles. The third-order valence-corrected chi connectivity index (χ3v) is 21.6.